The van der Waals surface area contributed by atoms with E-state index in [2.05, 4.69) is 63.6 Å². The Morgan fingerprint density at radius 3 is 2.76 bits per heavy atom. The molecule has 0 amide bonds. The first-order valence-electron chi connectivity index (χ1n) is 5.21. The SMILES string of the molecule is CC(C)c1c(-c2cc(I)ccc2Br)noc1N. The third-order valence-electron chi connectivity index (χ3n) is 2.52. The van der Waals surface area contributed by atoms with Crippen LogP contribution in [0, 0.1) is 3.57 Å². The molecule has 0 bridgehead atoms. The summed E-state index contributed by atoms with van der Waals surface area (Å²) in [5, 5.41) is 4.08. The van der Waals surface area contributed by atoms with Gasteiger partial charge in [-0.25, -0.2) is 0 Å². The third-order valence-corrected chi connectivity index (χ3v) is 3.88. The van der Waals surface area contributed by atoms with Crippen molar-refractivity contribution >= 4 is 44.4 Å². The summed E-state index contributed by atoms with van der Waals surface area (Å²) >= 11 is 5.81. The largest absolute Gasteiger partial charge is 0.367 e. The Hall–Kier alpha value is -0.560. The molecule has 0 aliphatic heterocycles. The van der Waals surface area contributed by atoms with E-state index >= 15 is 0 Å². The molecule has 2 N–H and O–H groups in total. The molecule has 1 aromatic heterocycles. The van der Waals surface area contributed by atoms with Gasteiger partial charge in [0.1, 0.15) is 5.69 Å². The van der Waals surface area contributed by atoms with Crippen molar-refractivity contribution in [3.8, 4) is 11.3 Å². The molecule has 5 heteroatoms. The molecule has 0 fully saturated rings. The lowest BCUT2D eigenvalue weighted by molar-refractivity contribution is 0.438. The number of anilines is 1. The van der Waals surface area contributed by atoms with E-state index in [1.807, 2.05) is 12.1 Å². The summed E-state index contributed by atoms with van der Waals surface area (Å²) in [6, 6.07) is 6.10. The van der Waals surface area contributed by atoms with Gasteiger partial charge in [-0.1, -0.05) is 34.9 Å². The van der Waals surface area contributed by atoms with E-state index in [9.17, 15) is 0 Å². The zero-order chi connectivity index (χ0) is 12.6. The quantitative estimate of drug-likeness (QED) is 0.751. The molecule has 0 atom stereocenters. The van der Waals surface area contributed by atoms with E-state index in [4.69, 9.17) is 10.3 Å². The van der Waals surface area contributed by atoms with Crippen LogP contribution in [0.1, 0.15) is 25.3 Å². The van der Waals surface area contributed by atoms with Crippen molar-refractivity contribution < 1.29 is 4.52 Å². The molecule has 1 aromatic carbocycles. The highest BCUT2D eigenvalue weighted by molar-refractivity contribution is 14.1. The minimum absolute atomic E-state index is 0.279. The Labute approximate surface area is 122 Å². The Kier molecular flexibility index (Phi) is 3.77. The number of benzene rings is 1. The van der Waals surface area contributed by atoms with Crippen molar-refractivity contribution in [2.24, 2.45) is 0 Å². The Morgan fingerprint density at radius 2 is 2.12 bits per heavy atom. The zero-order valence-corrected chi connectivity index (χ0v) is 13.2. The van der Waals surface area contributed by atoms with Crippen molar-refractivity contribution in [3.05, 3.63) is 31.8 Å². The van der Waals surface area contributed by atoms with Crippen molar-refractivity contribution in [1.29, 1.82) is 0 Å². The molecule has 3 nitrogen and oxygen atoms in total. The fourth-order valence-corrected chi connectivity index (χ4v) is 2.67. The van der Waals surface area contributed by atoms with Crippen LogP contribution in [0.2, 0.25) is 0 Å². The van der Waals surface area contributed by atoms with Gasteiger partial charge in [-0.2, -0.15) is 0 Å². The molecule has 2 rings (SSSR count). The van der Waals surface area contributed by atoms with Crippen molar-refractivity contribution in [2.45, 2.75) is 19.8 Å². The highest BCUT2D eigenvalue weighted by atomic mass is 127. The van der Waals surface area contributed by atoms with E-state index in [-0.39, 0.29) is 5.92 Å². The number of nitrogen functional groups attached to an aromatic ring is 1. The average Bonchev–Trinajstić information content (AvgIpc) is 2.64. The van der Waals surface area contributed by atoms with Crippen LogP contribution in [0.25, 0.3) is 11.3 Å². The molecule has 0 unspecified atom stereocenters. The maximum atomic E-state index is 5.82. The summed E-state index contributed by atoms with van der Waals surface area (Å²) < 4.78 is 7.25. The number of hydrogen-bond acceptors (Lipinski definition) is 3. The Balaban J connectivity index is 2.64. The molecule has 1 heterocycles. The second-order valence-corrected chi connectivity index (χ2v) is 6.19. The minimum atomic E-state index is 0.279. The van der Waals surface area contributed by atoms with E-state index in [1.54, 1.807) is 0 Å². The van der Waals surface area contributed by atoms with Gasteiger partial charge in [0.05, 0.1) is 0 Å². The van der Waals surface area contributed by atoms with E-state index in [0.29, 0.717) is 5.88 Å². The summed E-state index contributed by atoms with van der Waals surface area (Å²) in [6.45, 7) is 4.16. The van der Waals surface area contributed by atoms with Gasteiger partial charge in [0, 0.05) is 19.2 Å². The summed E-state index contributed by atoms with van der Waals surface area (Å²) in [7, 11) is 0. The molecular weight excluding hydrogens is 395 g/mol. The van der Waals surface area contributed by atoms with Crippen LogP contribution in [-0.2, 0) is 0 Å². The first kappa shape index (κ1) is 12.9. The van der Waals surface area contributed by atoms with Gasteiger partial charge in [0.25, 0.3) is 0 Å². The monoisotopic (exact) mass is 406 g/mol. The highest BCUT2D eigenvalue weighted by Gasteiger charge is 2.20. The van der Waals surface area contributed by atoms with Crippen molar-refractivity contribution in [3.63, 3.8) is 0 Å². The molecule has 0 spiro atoms. The van der Waals surface area contributed by atoms with Crippen LogP contribution in [0.3, 0.4) is 0 Å². The Morgan fingerprint density at radius 1 is 1.41 bits per heavy atom. The number of rotatable bonds is 2. The molecule has 0 saturated carbocycles. The Bertz CT molecular complexity index is 551. The van der Waals surface area contributed by atoms with Gasteiger partial charge < -0.3 is 10.3 Å². The number of halogens is 2. The van der Waals surface area contributed by atoms with Crippen molar-refractivity contribution in [1.82, 2.24) is 5.16 Å². The van der Waals surface area contributed by atoms with Crippen LogP contribution in [0.15, 0.2) is 27.2 Å². The van der Waals surface area contributed by atoms with E-state index in [1.165, 1.54) is 0 Å². The van der Waals surface area contributed by atoms with E-state index < -0.39 is 0 Å². The molecule has 0 aliphatic carbocycles. The van der Waals surface area contributed by atoms with E-state index in [0.717, 1.165) is 24.9 Å². The average molecular weight is 407 g/mol. The first-order chi connectivity index (χ1) is 8.00. The fraction of sp³-hybridized carbons (Fsp3) is 0.250. The summed E-state index contributed by atoms with van der Waals surface area (Å²) in [4.78, 5) is 0. The smallest absolute Gasteiger partial charge is 0.226 e. The molecule has 2 aromatic rings. The lowest BCUT2D eigenvalue weighted by Gasteiger charge is -2.07. The molecule has 0 radical (unpaired) electrons. The van der Waals surface area contributed by atoms with Crippen molar-refractivity contribution in [2.75, 3.05) is 5.73 Å². The van der Waals surface area contributed by atoms with Crippen LogP contribution in [0.5, 0.6) is 0 Å². The zero-order valence-electron chi connectivity index (χ0n) is 9.50. The normalized spacial score (nSPS) is 11.1. The van der Waals surface area contributed by atoms with Gasteiger partial charge >= 0.3 is 0 Å². The summed E-state index contributed by atoms with van der Waals surface area (Å²) in [5.41, 5.74) is 8.62. The molecule has 0 aliphatic rings. The third kappa shape index (κ3) is 2.49. The van der Waals surface area contributed by atoms with Crippen LogP contribution in [0.4, 0.5) is 5.88 Å². The highest BCUT2D eigenvalue weighted by Crippen LogP contribution is 2.37. The maximum Gasteiger partial charge on any atom is 0.226 e. The predicted octanol–water partition coefficient (Wildman–Crippen LogP) is 4.41. The summed E-state index contributed by atoms with van der Waals surface area (Å²) in [6.07, 6.45) is 0. The van der Waals surface area contributed by atoms with Gasteiger partial charge in [0.2, 0.25) is 5.88 Å². The lowest BCUT2D eigenvalue weighted by Crippen LogP contribution is -1.95. The number of hydrogen-bond donors (Lipinski definition) is 1. The maximum absolute atomic E-state index is 5.82. The van der Waals surface area contributed by atoms with Crippen LogP contribution >= 0.6 is 38.5 Å². The van der Waals surface area contributed by atoms with Gasteiger partial charge in [0.15, 0.2) is 0 Å². The molecule has 90 valence electrons. The van der Waals surface area contributed by atoms with Gasteiger partial charge in [-0.05, 0) is 46.7 Å². The topological polar surface area (TPSA) is 52.0 Å². The second kappa shape index (κ2) is 4.97. The minimum Gasteiger partial charge on any atom is -0.367 e. The standard InChI is InChI=1S/C12H12BrIN2O/c1-6(2)10-11(16-17-12(10)15)8-5-7(14)3-4-9(8)13/h3-6H,15H2,1-2H3. The first-order valence-corrected chi connectivity index (χ1v) is 7.08. The molecule has 0 saturated heterocycles. The van der Waals surface area contributed by atoms with Gasteiger partial charge in [-0.3, -0.25) is 0 Å². The number of aromatic nitrogens is 1. The molecule has 17 heavy (non-hydrogen) atoms. The number of nitrogens with zero attached hydrogens (tertiary/aromatic N) is 1. The number of nitrogens with two attached hydrogens (primary N) is 1. The summed E-state index contributed by atoms with van der Waals surface area (Å²) in [5.74, 6) is 0.682. The van der Waals surface area contributed by atoms with Crippen LogP contribution in [-0.4, -0.2) is 5.16 Å². The lowest BCUT2D eigenvalue weighted by atomic mass is 9.99. The van der Waals surface area contributed by atoms with Gasteiger partial charge in [-0.15, -0.1) is 0 Å². The predicted molar refractivity (Wildman–Crippen MR) is 80.9 cm³/mol. The fourth-order valence-electron chi connectivity index (χ4n) is 1.74. The molecular formula is C12H12BrIN2O. The van der Waals surface area contributed by atoms with Crippen LogP contribution < -0.4 is 5.73 Å². The second-order valence-electron chi connectivity index (χ2n) is 4.09.